The maximum Gasteiger partial charge on any atom is 0.156 e. The van der Waals surface area contributed by atoms with E-state index in [4.69, 9.17) is 0 Å². The fourth-order valence-electron chi connectivity index (χ4n) is 1.09. The van der Waals surface area contributed by atoms with Crippen molar-refractivity contribution >= 4 is 5.78 Å². The highest BCUT2D eigenvalue weighted by Gasteiger charge is 2.02. The zero-order valence-corrected chi connectivity index (χ0v) is 9.80. The van der Waals surface area contributed by atoms with Crippen molar-refractivity contribution in [2.24, 2.45) is 0 Å². The Labute approximate surface area is 90.8 Å². The molecule has 0 bridgehead atoms. The Morgan fingerprint density at radius 1 is 1.40 bits per heavy atom. The van der Waals surface area contributed by atoms with E-state index >= 15 is 0 Å². The summed E-state index contributed by atoms with van der Waals surface area (Å²) in [6.45, 7) is 8.75. The third-order valence-corrected chi connectivity index (χ3v) is 2.04. The predicted octanol–water partition coefficient (Wildman–Crippen LogP) is 2.84. The van der Waals surface area contributed by atoms with Gasteiger partial charge in [0.15, 0.2) is 5.78 Å². The lowest BCUT2D eigenvalue weighted by molar-refractivity contribution is -0.113. The van der Waals surface area contributed by atoms with Gasteiger partial charge in [0.25, 0.3) is 0 Å². The number of ketones is 1. The van der Waals surface area contributed by atoms with Crippen LogP contribution in [0.5, 0.6) is 0 Å². The molecule has 2 nitrogen and oxygen atoms in total. The van der Waals surface area contributed by atoms with Crippen molar-refractivity contribution in [1.82, 2.24) is 4.90 Å². The van der Waals surface area contributed by atoms with Crippen LogP contribution in [0.1, 0.15) is 20.8 Å². The highest BCUT2D eigenvalue weighted by atomic mass is 19.1. The van der Waals surface area contributed by atoms with Crippen molar-refractivity contribution in [1.29, 1.82) is 0 Å². The summed E-state index contributed by atoms with van der Waals surface area (Å²) in [6.07, 6.45) is 2.90. The van der Waals surface area contributed by atoms with Gasteiger partial charge in [-0.25, -0.2) is 4.39 Å². The number of likely N-dealkylation sites (N-methyl/N-ethyl adjacent to an activating group) is 1. The van der Waals surface area contributed by atoms with Crippen LogP contribution in [0, 0.1) is 0 Å². The van der Waals surface area contributed by atoms with Crippen LogP contribution < -0.4 is 0 Å². The second kappa shape index (κ2) is 6.17. The summed E-state index contributed by atoms with van der Waals surface area (Å²) < 4.78 is 13.0. The van der Waals surface area contributed by atoms with Crippen LogP contribution >= 0.6 is 0 Å². The molecule has 0 aliphatic rings. The van der Waals surface area contributed by atoms with E-state index in [0.717, 1.165) is 0 Å². The zero-order valence-electron chi connectivity index (χ0n) is 9.80. The molecule has 0 rings (SSSR count). The highest BCUT2D eigenvalue weighted by molar-refractivity contribution is 5.92. The van der Waals surface area contributed by atoms with E-state index in [1.807, 2.05) is 0 Å². The molecule has 0 aromatic carbocycles. The standard InChI is InChI=1S/C12H18FNO/c1-6-12(13)10(3)8-14(5)7-9(2)11(4)15/h6-7H,1,8H2,2-5H3/b9-7+,12-10-. The maximum absolute atomic E-state index is 13.0. The number of rotatable bonds is 5. The van der Waals surface area contributed by atoms with Crippen LogP contribution in [-0.2, 0) is 4.79 Å². The third kappa shape index (κ3) is 5.15. The number of allylic oxidation sites excluding steroid dienone is 3. The SMILES string of the molecule is C=C/C(F)=C(\C)CN(C)/C=C(\C)C(C)=O. The smallest absolute Gasteiger partial charge is 0.156 e. The van der Waals surface area contributed by atoms with Gasteiger partial charge in [0.05, 0.1) is 0 Å². The topological polar surface area (TPSA) is 20.3 Å². The van der Waals surface area contributed by atoms with Crippen molar-refractivity contribution in [2.75, 3.05) is 13.6 Å². The largest absolute Gasteiger partial charge is 0.376 e. The van der Waals surface area contributed by atoms with Crippen LogP contribution in [0.25, 0.3) is 0 Å². The number of carbonyl (C=O) groups excluding carboxylic acids is 1. The molecule has 0 aromatic rings. The van der Waals surface area contributed by atoms with E-state index < -0.39 is 0 Å². The molecular weight excluding hydrogens is 193 g/mol. The molecule has 84 valence electrons. The Morgan fingerprint density at radius 2 is 1.93 bits per heavy atom. The van der Waals surface area contributed by atoms with Crippen molar-refractivity contribution < 1.29 is 9.18 Å². The van der Waals surface area contributed by atoms with Gasteiger partial charge >= 0.3 is 0 Å². The second-order valence-electron chi connectivity index (χ2n) is 3.62. The molecule has 0 aliphatic carbocycles. The zero-order chi connectivity index (χ0) is 12.0. The number of nitrogens with zero attached hydrogens (tertiary/aromatic N) is 1. The van der Waals surface area contributed by atoms with E-state index in [1.165, 1.54) is 13.0 Å². The van der Waals surface area contributed by atoms with E-state index in [0.29, 0.717) is 17.7 Å². The normalized spacial score (nSPS) is 13.3. The Kier molecular flexibility index (Phi) is 5.60. The molecule has 3 heteroatoms. The molecule has 0 radical (unpaired) electrons. The molecular formula is C12H18FNO. The Hall–Kier alpha value is -1.38. The van der Waals surface area contributed by atoms with Crippen molar-refractivity contribution in [3.8, 4) is 0 Å². The lowest BCUT2D eigenvalue weighted by Gasteiger charge is -2.15. The van der Waals surface area contributed by atoms with Gasteiger partial charge in [-0.1, -0.05) is 6.58 Å². The average molecular weight is 211 g/mol. The van der Waals surface area contributed by atoms with E-state index in [1.54, 1.807) is 32.0 Å². The summed E-state index contributed by atoms with van der Waals surface area (Å²) >= 11 is 0. The van der Waals surface area contributed by atoms with Gasteiger partial charge in [-0.15, -0.1) is 0 Å². The number of Topliss-reactive ketones (excluding diaryl/α,β-unsaturated/α-hetero) is 1. The summed E-state index contributed by atoms with van der Waals surface area (Å²) in [7, 11) is 1.80. The number of hydrogen-bond acceptors (Lipinski definition) is 2. The third-order valence-electron chi connectivity index (χ3n) is 2.04. The lowest BCUT2D eigenvalue weighted by atomic mass is 10.2. The minimum absolute atomic E-state index is 0.0210. The molecule has 0 spiro atoms. The van der Waals surface area contributed by atoms with Crippen molar-refractivity contribution in [3.05, 3.63) is 35.8 Å². The molecule has 0 fully saturated rings. The molecule has 0 N–H and O–H groups in total. The summed E-state index contributed by atoms with van der Waals surface area (Å²) in [4.78, 5) is 12.7. The van der Waals surface area contributed by atoms with Crippen LogP contribution in [0.4, 0.5) is 4.39 Å². The average Bonchev–Trinajstić information content (AvgIpc) is 2.15. The van der Waals surface area contributed by atoms with Crippen LogP contribution in [0.2, 0.25) is 0 Å². The summed E-state index contributed by atoms with van der Waals surface area (Å²) in [5.41, 5.74) is 1.25. The van der Waals surface area contributed by atoms with Crippen LogP contribution in [0.3, 0.4) is 0 Å². The molecule has 0 amide bonds. The Balaban J connectivity index is 4.52. The molecule has 0 aromatic heterocycles. The van der Waals surface area contributed by atoms with E-state index in [2.05, 4.69) is 6.58 Å². The van der Waals surface area contributed by atoms with Gasteiger partial charge in [0.2, 0.25) is 0 Å². The second-order valence-corrected chi connectivity index (χ2v) is 3.62. The maximum atomic E-state index is 13.0. The first-order valence-corrected chi connectivity index (χ1v) is 4.75. The van der Waals surface area contributed by atoms with Crippen LogP contribution in [-0.4, -0.2) is 24.3 Å². The quantitative estimate of drug-likeness (QED) is 0.515. The van der Waals surface area contributed by atoms with Gasteiger partial charge in [-0.2, -0.15) is 0 Å². The minimum atomic E-state index is -0.310. The lowest BCUT2D eigenvalue weighted by Crippen LogP contribution is -2.15. The summed E-state index contributed by atoms with van der Waals surface area (Å²) in [6, 6.07) is 0. The van der Waals surface area contributed by atoms with Crippen molar-refractivity contribution in [2.45, 2.75) is 20.8 Å². The van der Waals surface area contributed by atoms with Gasteiger partial charge in [-0.05, 0) is 32.4 Å². The first kappa shape index (κ1) is 13.6. The summed E-state index contributed by atoms with van der Waals surface area (Å²) in [5.74, 6) is -0.289. The molecule has 0 saturated carbocycles. The van der Waals surface area contributed by atoms with Crippen LogP contribution in [0.15, 0.2) is 35.8 Å². The number of carbonyl (C=O) groups is 1. The first-order valence-electron chi connectivity index (χ1n) is 4.75. The van der Waals surface area contributed by atoms with Gasteiger partial charge in [0, 0.05) is 25.4 Å². The van der Waals surface area contributed by atoms with Gasteiger partial charge in [-0.3, -0.25) is 4.79 Å². The molecule has 0 heterocycles. The molecule has 0 atom stereocenters. The molecule has 0 saturated heterocycles. The van der Waals surface area contributed by atoms with E-state index in [-0.39, 0.29) is 11.6 Å². The Morgan fingerprint density at radius 3 is 2.33 bits per heavy atom. The molecule has 0 aliphatic heterocycles. The van der Waals surface area contributed by atoms with Gasteiger partial charge < -0.3 is 4.90 Å². The van der Waals surface area contributed by atoms with Gasteiger partial charge in [0.1, 0.15) is 5.83 Å². The molecule has 15 heavy (non-hydrogen) atoms. The number of hydrogen-bond donors (Lipinski definition) is 0. The first-order chi connectivity index (χ1) is 6.88. The highest BCUT2D eigenvalue weighted by Crippen LogP contribution is 2.08. The van der Waals surface area contributed by atoms with E-state index in [9.17, 15) is 9.18 Å². The monoisotopic (exact) mass is 211 g/mol. The number of halogens is 1. The Bertz CT molecular complexity index is 316. The molecule has 0 unspecified atom stereocenters. The fourth-order valence-corrected chi connectivity index (χ4v) is 1.09. The fraction of sp³-hybridized carbons (Fsp3) is 0.417. The predicted molar refractivity (Wildman–Crippen MR) is 61.1 cm³/mol. The summed E-state index contributed by atoms with van der Waals surface area (Å²) in [5, 5.41) is 0. The van der Waals surface area contributed by atoms with Crippen molar-refractivity contribution in [3.63, 3.8) is 0 Å². The minimum Gasteiger partial charge on any atom is -0.376 e.